The van der Waals surface area contributed by atoms with E-state index in [1.165, 1.54) is 11.2 Å². The van der Waals surface area contributed by atoms with Crippen LogP contribution in [0, 0.1) is 15.9 Å². The Labute approximate surface area is 190 Å². The van der Waals surface area contributed by atoms with E-state index in [1.807, 2.05) is 19.1 Å². The molecule has 1 aromatic heterocycles. The Hall–Kier alpha value is -3.31. The quantitative estimate of drug-likeness (QED) is 0.333. The molecule has 0 radical (unpaired) electrons. The summed E-state index contributed by atoms with van der Waals surface area (Å²) in [6, 6.07) is 8.68. The van der Waals surface area contributed by atoms with Gasteiger partial charge in [0.05, 0.1) is 22.7 Å². The van der Waals surface area contributed by atoms with E-state index in [2.05, 4.69) is 4.72 Å². The molecular formula is C22H23FN4O5S. The van der Waals surface area contributed by atoms with Gasteiger partial charge in [-0.05, 0) is 36.6 Å². The molecule has 0 saturated carbocycles. The number of nitrogens with one attached hydrogen (secondary N) is 1. The van der Waals surface area contributed by atoms with Crippen LogP contribution in [0.5, 0.6) is 0 Å². The lowest BCUT2D eigenvalue weighted by atomic mass is 10.1. The molecule has 3 aromatic rings. The molecule has 1 saturated heterocycles. The van der Waals surface area contributed by atoms with Crippen molar-refractivity contribution >= 4 is 38.3 Å². The number of rotatable bonds is 6. The third-order valence-electron chi connectivity index (χ3n) is 5.77. The average molecular weight is 475 g/mol. The number of hydrogen-bond donors (Lipinski definition) is 1. The van der Waals surface area contributed by atoms with Crippen LogP contribution in [0.15, 0.2) is 36.4 Å². The van der Waals surface area contributed by atoms with Crippen LogP contribution in [0.1, 0.15) is 41.9 Å². The van der Waals surface area contributed by atoms with Crippen LogP contribution in [-0.4, -0.2) is 36.8 Å². The smallest absolute Gasteiger partial charge is 0.301 e. The molecule has 11 heteroatoms. The number of nitro benzene ring substituents is 1. The van der Waals surface area contributed by atoms with Gasteiger partial charge in [-0.2, -0.15) is 13.1 Å². The topological polar surface area (TPSA) is 115 Å². The third kappa shape index (κ3) is 4.09. The van der Waals surface area contributed by atoms with Crippen LogP contribution < -0.4 is 9.03 Å². The number of hydrogen-bond acceptors (Lipinski definition) is 5. The SMILES string of the molecule is CCc1ccc2c(c1)c(N1CCCNS1(=O)=O)c(C(C)=O)n2Cc1cc([N+](=O)[O-])ccc1F. The molecule has 0 unspecified atom stereocenters. The van der Waals surface area contributed by atoms with Crippen molar-refractivity contribution < 1.29 is 22.5 Å². The van der Waals surface area contributed by atoms with E-state index < -0.39 is 26.7 Å². The van der Waals surface area contributed by atoms with Gasteiger partial charge in [0.25, 0.3) is 5.69 Å². The van der Waals surface area contributed by atoms with Gasteiger partial charge in [0.1, 0.15) is 11.5 Å². The maximum atomic E-state index is 14.6. The molecule has 1 aliphatic heterocycles. The largest absolute Gasteiger partial charge is 0.332 e. The standard InChI is InChI=1S/C22H23FN4O5S/c1-3-15-5-8-20-18(11-15)22(26-10-4-9-24-33(26,31)32)21(14(2)28)25(20)13-16-12-17(27(29)30)6-7-19(16)23/h5-8,11-12,24H,3-4,9-10,13H2,1-2H3. The van der Waals surface area contributed by atoms with E-state index in [4.69, 9.17) is 0 Å². The van der Waals surface area contributed by atoms with Crippen molar-refractivity contribution in [1.29, 1.82) is 0 Å². The number of halogens is 1. The molecule has 4 rings (SSSR count). The fourth-order valence-corrected chi connectivity index (χ4v) is 5.55. The highest BCUT2D eigenvalue weighted by atomic mass is 32.2. The molecule has 33 heavy (non-hydrogen) atoms. The van der Waals surface area contributed by atoms with Crippen LogP contribution in [0.2, 0.25) is 0 Å². The predicted octanol–water partition coefficient (Wildman–Crippen LogP) is 3.55. The number of Topliss-reactive ketones (excluding diaryl/α,β-unsaturated/α-hetero) is 1. The predicted molar refractivity (Wildman–Crippen MR) is 122 cm³/mol. The molecule has 0 atom stereocenters. The van der Waals surface area contributed by atoms with Crippen molar-refractivity contribution in [2.24, 2.45) is 0 Å². The Morgan fingerprint density at radius 2 is 2.00 bits per heavy atom. The van der Waals surface area contributed by atoms with Crippen molar-refractivity contribution in [3.8, 4) is 0 Å². The second-order valence-corrected chi connectivity index (χ2v) is 9.58. The maximum Gasteiger partial charge on any atom is 0.301 e. The van der Waals surface area contributed by atoms with E-state index in [9.17, 15) is 27.7 Å². The number of nitro groups is 1. The maximum absolute atomic E-state index is 14.6. The van der Waals surface area contributed by atoms with Gasteiger partial charge in [-0.3, -0.25) is 19.2 Å². The van der Waals surface area contributed by atoms with Crippen molar-refractivity contribution in [2.45, 2.75) is 33.2 Å². The first-order chi connectivity index (χ1) is 15.6. The molecule has 2 aromatic carbocycles. The zero-order valence-electron chi connectivity index (χ0n) is 18.2. The Balaban J connectivity index is 2.01. The summed E-state index contributed by atoms with van der Waals surface area (Å²) in [6.07, 6.45) is 1.25. The summed E-state index contributed by atoms with van der Waals surface area (Å²) in [5.74, 6) is -1.05. The molecular weight excluding hydrogens is 451 g/mol. The molecule has 1 N–H and O–H groups in total. The molecule has 1 fully saturated rings. The number of carbonyl (C=O) groups is 1. The lowest BCUT2D eigenvalue weighted by Gasteiger charge is -2.29. The van der Waals surface area contributed by atoms with Crippen molar-refractivity contribution in [3.63, 3.8) is 0 Å². The average Bonchev–Trinajstić information content (AvgIpc) is 3.08. The van der Waals surface area contributed by atoms with Gasteiger partial charge >= 0.3 is 10.2 Å². The first kappa shape index (κ1) is 22.9. The van der Waals surface area contributed by atoms with Crippen LogP contribution >= 0.6 is 0 Å². The van der Waals surface area contributed by atoms with E-state index in [0.717, 1.165) is 23.8 Å². The Morgan fingerprint density at radius 1 is 1.24 bits per heavy atom. The van der Waals surface area contributed by atoms with Crippen molar-refractivity contribution in [3.05, 3.63) is 69.2 Å². The molecule has 9 nitrogen and oxygen atoms in total. The summed E-state index contributed by atoms with van der Waals surface area (Å²) >= 11 is 0. The van der Waals surface area contributed by atoms with E-state index >= 15 is 0 Å². The highest BCUT2D eigenvalue weighted by Gasteiger charge is 2.33. The third-order valence-corrected chi connectivity index (χ3v) is 7.29. The number of non-ortho nitro benzene ring substituents is 1. The normalized spacial score (nSPS) is 15.7. The number of fused-ring (bicyclic) bond motifs is 1. The number of aromatic nitrogens is 1. The number of anilines is 1. The molecule has 174 valence electrons. The molecule has 0 bridgehead atoms. The molecule has 1 aliphatic rings. The van der Waals surface area contributed by atoms with Gasteiger partial charge < -0.3 is 4.57 Å². The highest BCUT2D eigenvalue weighted by molar-refractivity contribution is 7.91. The fourth-order valence-electron chi connectivity index (χ4n) is 4.20. The Morgan fingerprint density at radius 3 is 2.64 bits per heavy atom. The van der Waals surface area contributed by atoms with E-state index in [1.54, 1.807) is 10.6 Å². The Bertz CT molecular complexity index is 1380. The summed E-state index contributed by atoms with van der Waals surface area (Å²) in [7, 11) is -3.87. The first-order valence-corrected chi connectivity index (χ1v) is 11.9. The summed E-state index contributed by atoms with van der Waals surface area (Å²) < 4.78 is 45.6. The lowest BCUT2D eigenvalue weighted by molar-refractivity contribution is -0.385. The molecule has 0 spiro atoms. The monoisotopic (exact) mass is 474 g/mol. The minimum atomic E-state index is -3.87. The summed E-state index contributed by atoms with van der Waals surface area (Å²) in [4.78, 5) is 23.4. The number of carbonyl (C=O) groups excluding carboxylic acids is 1. The number of nitrogens with zero attached hydrogens (tertiary/aromatic N) is 3. The molecule has 0 aliphatic carbocycles. The fraction of sp³-hybridized carbons (Fsp3) is 0.318. The number of ketones is 1. The summed E-state index contributed by atoms with van der Waals surface area (Å²) in [5.41, 5.74) is 1.58. The van der Waals surface area contributed by atoms with Gasteiger partial charge in [0.2, 0.25) is 0 Å². The first-order valence-electron chi connectivity index (χ1n) is 10.5. The zero-order chi connectivity index (χ0) is 23.9. The minimum Gasteiger partial charge on any atom is -0.332 e. The van der Waals surface area contributed by atoms with Gasteiger partial charge in [-0.25, -0.2) is 4.39 Å². The van der Waals surface area contributed by atoms with Gasteiger partial charge in [0, 0.05) is 43.1 Å². The van der Waals surface area contributed by atoms with Gasteiger partial charge in [-0.15, -0.1) is 0 Å². The second kappa shape index (κ2) is 8.56. The molecule has 0 amide bonds. The second-order valence-electron chi connectivity index (χ2n) is 7.90. The van der Waals surface area contributed by atoms with Crippen molar-refractivity contribution in [1.82, 2.24) is 9.29 Å². The van der Waals surface area contributed by atoms with Crippen LogP contribution in [0.3, 0.4) is 0 Å². The number of benzene rings is 2. The van der Waals surface area contributed by atoms with Crippen LogP contribution in [0.4, 0.5) is 15.8 Å². The zero-order valence-corrected chi connectivity index (χ0v) is 19.0. The van der Waals surface area contributed by atoms with Crippen LogP contribution in [-0.2, 0) is 23.2 Å². The highest BCUT2D eigenvalue weighted by Crippen LogP contribution is 2.38. The van der Waals surface area contributed by atoms with Crippen molar-refractivity contribution in [2.75, 3.05) is 17.4 Å². The minimum absolute atomic E-state index is 0.0225. The van der Waals surface area contributed by atoms with Gasteiger partial charge in [-0.1, -0.05) is 13.0 Å². The lowest BCUT2D eigenvalue weighted by Crippen LogP contribution is -2.47. The Kier molecular flexibility index (Phi) is 5.93. The summed E-state index contributed by atoms with van der Waals surface area (Å²) in [5, 5.41) is 11.8. The van der Waals surface area contributed by atoms with Crippen LogP contribution in [0.25, 0.3) is 10.9 Å². The van der Waals surface area contributed by atoms with E-state index in [0.29, 0.717) is 30.3 Å². The summed E-state index contributed by atoms with van der Waals surface area (Å²) in [6.45, 7) is 3.60. The number of aryl methyl sites for hydroxylation is 1. The van der Waals surface area contributed by atoms with E-state index in [-0.39, 0.29) is 35.7 Å². The molecule has 2 heterocycles. The van der Waals surface area contributed by atoms with Gasteiger partial charge in [0.15, 0.2) is 5.78 Å².